The average Bonchev–Trinajstić information content (AvgIpc) is 3.24. The Hall–Kier alpha value is -4.32. The first-order valence-corrected chi connectivity index (χ1v) is 12.8. The fourth-order valence-electron chi connectivity index (χ4n) is 3.66. The fraction of sp³-hybridized carbons (Fsp3) is 0.185. The maximum Gasteiger partial charge on any atom is 0.573 e. The van der Waals surface area contributed by atoms with Crippen LogP contribution in [-0.2, 0) is 4.79 Å². The highest BCUT2D eigenvalue weighted by atomic mass is 32.2. The number of para-hydroxylation sites is 1. The second kappa shape index (κ2) is 12.0. The van der Waals surface area contributed by atoms with E-state index in [1.54, 1.807) is 24.3 Å². The number of nitrogens with zero attached hydrogens (tertiary/aromatic N) is 3. The van der Waals surface area contributed by atoms with Crippen molar-refractivity contribution in [1.82, 2.24) is 0 Å². The van der Waals surface area contributed by atoms with Crippen LogP contribution in [-0.4, -0.2) is 35.4 Å². The van der Waals surface area contributed by atoms with E-state index in [-0.39, 0.29) is 23.3 Å². The molecule has 0 radical (unpaired) electrons. The highest BCUT2D eigenvalue weighted by molar-refractivity contribution is 8.15. The Morgan fingerprint density at radius 1 is 1.03 bits per heavy atom. The van der Waals surface area contributed by atoms with Crippen molar-refractivity contribution in [3.8, 4) is 5.75 Å². The lowest BCUT2D eigenvalue weighted by Crippen LogP contribution is -2.31. The van der Waals surface area contributed by atoms with E-state index in [1.165, 1.54) is 47.1 Å². The molecular weight excluding hydrogens is 531 g/mol. The summed E-state index contributed by atoms with van der Waals surface area (Å²) >= 11 is 1.21. The van der Waals surface area contributed by atoms with Gasteiger partial charge < -0.3 is 10.1 Å². The zero-order valence-electron chi connectivity index (χ0n) is 20.9. The first kappa shape index (κ1) is 27.7. The maximum atomic E-state index is 12.6. The van der Waals surface area contributed by atoms with Gasteiger partial charge in [0.05, 0.1) is 23.3 Å². The number of anilines is 3. The zero-order chi connectivity index (χ0) is 28.0. The van der Waals surface area contributed by atoms with Crippen molar-refractivity contribution in [3.05, 3.63) is 83.9 Å². The molecule has 0 saturated carbocycles. The van der Waals surface area contributed by atoms with Crippen LogP contribution in [0.2, 0.25) is 0 Å². The van der Waals surface area contributed by atoms with Gasteiger partial charge in [-0.25, -0.2) is 4.79 Å². The van der Waals surface area contributed by atoms with E-state index in [9.17, 15) is 22.8 Å². The van der Waals surface area contributed by atoms with E-state index in [2.05, 4.69) is 25.6 Å². The number of halogens is 3. The van der Waals surface area contributed by atoms with Crippen molar-refractivity contribution in [3.63, 3.8) is 0 Å². The molecule has 1 aliphatic rings. The molecule has 0 atom stereocenters. The minimum atomic E-state index is -4.75. The van der Waals surface area contributed by atoms with Crippen LogP contribution < -0.4 is 20.4 Å². The van der Waals surface area contributed by atoms with Gasteiger partial charge in [0.1, 0.15) is 5.75 Å². The molecule has 8 nitrogen and oxygen atoms in total. The molecule has 0 spiro atoms. The van der Waals surface area contributed by atoms with Gasteiger partial charge in [0.25, 0.3) is 0 Å². The van der Waals surface area contributed by atoms with Crippen molar-refractivity contribution in [2.75, 3.05) is 21.4 Å². The van der Waals surface area contributed by atoms with Gasteiger partial charge in [-0.2, -0.15) is 10.1 Å². The number of amidine groups is 1. The number of hydrazone groups is 1. The van der Waals surface area contributed by atoms with Gasteiger partial charge in [0.15, 0.2) is 5.17 Å². The third kappa shape index (κ3) is 7.60. The van der Waals surface area contributed by atoms with E-state index < -0.39 is 12.4 Å². The number of alkyl halides is 3. The molecule has 202 valence electrons. The number of carbonyl (C=O) groups excluding carboxylic acids is 2. The van der Waals surface area contributed by atoms with E-state index in [0.717, 1.165) is 11.3 Å². The lowest BCUT2D eigenvalue weighted by molar-refractivity contribution is -0.274. The lowest BCUT2D eigenvalue weighted by Gasteiger charge is -2.21. The van der Waals surface area contributed by atoms with E-state index in [4.69, 9.17) is 0 Å². The number of urea groups is 1. The number of hydrogen-bond donors (Lipinski definition) is 2. The number of ether oxygens (including phenoxy) is 1. The largest absolute Gasteiger partial charge is 0.573 e. The Morgan fingerprint density at radius 3 is 2.36 bits per heavy atom. The number of nitrogens with one attached hydrogen (secondary N) is 2. The summed E-state index contributed by atoms with van der Waals surface area (Å²) in [7, 11) is 0. The molecule has 4 rings (SSSR count). The summed E-state index contributed by atoms with van der Waals surface area (Å²) in [5.41, 5.74) is 6.17. The molecule has 1 aliphatic heterocycles. The maximum absolute atomic E-state index is 12.6. The summed E-state index contributed by atoms with van der Waals surface area (Å²) in [5.74, 6) is -0.0717. The second-order valence-corrected chi connectivity index (χ2v) is 9.56. The Kier molecular flexibility index (Phi) is 8.55. The topological polar surface area (TPSA) is 95.4 Å². The van der Waals surface area contributed by atoms with Crippen LogP contribution in [0.25, 0.3) is 0 Å². The summed E-state index contributed by atoms with van der Waals surface area (Å²) in [6.07, 6.45) is -3.31. The molecule has 0 aliphatic carbocycles. The fourth-order valence-corrected chi connectivity index (χ4v) is 4.52. The van der Waals surface area contributed by atoms with Gasteiger partial charge in [-0.15, -0.1) is 13.2 Å². The molecule has 1 saturated heterocycles. The standard InChI is InChI=1S/C27H24F3N5O3S/c1-17(2)22-5-3-4-6-23(22)35-24(36)16-39-26(35)33-25(37)32-19-9-11-20(12-10-19)34-31-15-18-7-13-21(14-8-18)38-27(28,29)30/h3-15,17,34H,16H2,1-2H3,(H,32,37). The zero-order valence-corrected chi connectivity index (χ0v) is 21.7. The van der Waals surface area contributed by atoms with Crippen LogP contribution in [0.5, 0.6) is 5.75 Å². The molecule has 0 unspecified atom stereocenters. The van der Waals surface area contributed by atoms with Gasteiger partial charge in [-0.1, -0.05) is 43.8 Å². The molecule has 39 heavy (non-hydrogen) atoms. The third-order valence-corrected chi connectivity index (χ3v) is 6.34. The highest BCUT2D eigenvalue weighted by Gasteiger charge is 2.32. The number of amides is 3. The van der Waals surface area contributed by atoms with Crippen LogP contribution in [0.3, 0.4) is 0 Å². The minimum absolute atomic E-state index is 0.138. The number of aliphatic imine (C=N–C) groups is 1. The predicted octanol–water partition coefficient (Wildman–Crippen LogP) is 6.82. The summed E-state index contributed by atoms with van der Waals surface area (Å²) in [6.45, 7) is 4.07. The lowest BCUT2D eigenvalue weighted by atomic mass is 10.0. The number of rotatable bonds is 7. The Bertz CT molecular complexity index is 1390. The first-order chi connectivity index (χ1) is 18.6. The molecule has 3 amide bonds. The quantitative estimate of drug-likeness (QED) is 0.246. The molecular formula is C27H24F3N5O3S. The molecule has 3 aromatic carbocycles. The van der Waals surface area contributed by atoms with Crippen molar-refractivity contribution in [1.29, 1.82) is 0 Å². The van der Waals surface area contributed by atoms with E-state index in [0.29, 0.717) is 22.1 Å². The van der Waals surface area contributed by atoms with Gasteiger partial charge in [-0.3, -0.25) is 15.1 Å². The van der Waals surface area contributed by atoms with Crippen molar-refractivity contribution >= 4 is 52.1 Å². The van der Waals surface area contributed by atoms with Gasteiger partial charge in [0, 0.05) is 5.69 Å². The Morgan fingerprint density at radius 2 is 1.69 bits per heavy atom. The molecule has 2 N–H and O–H groups in total. The molecule has 12 heteroatoms. The molecule has 1 heterocycles. The van der Waals surface area contributed by atoms with Gasteiger partial charge in [0.2, 0.25) is 5.91 Å². The first-order valence-electron chi connectivity index (χ1n) is 11.8. The van der Waals surface area contributed by atoms with Crippen LogP contribution in [0.4, 0.5) is 35.0 Å². The van der Waals surface area contributed by atoms with Gasteiger partial charge in [-0.05, 0) is 71.6 Å². The van der Waals surface area contributed by atoms with Crippen LogP contribution in [0.1, 0.15) is 30.9 Å². The van der Waals surface area contributed by atoms with Crippen LogP contribution in [0.15, 0.2) is 82.9 Å². The summed E-state index contributed by atoms with van der Waals surface area (Å²) in [5, 5.41) is 7.05. The second-order valence-electron chi connectivity index (χ2n) is 8.62. The number of carbonyl (C=O) groups is 2. The van der Waals surface area contributed by atoms with Crippen molar-refractivity contribution in [2.45, 2.75) is 26.1 Å². The average molecular weight is 556 g/mol. The molecule has 1 fully saturated rings. The van der Waals surface area contributed by atoms with Crippen LogP contribution in [0, 0.1) is 0 Å². The summed E-state index contributed by atoms with van der Waals surface area (Å²) in [6, 6.07) is 18.9. The monoisotopic (exact) mass is 555 g/mol. The number of hydrogen-bond acceptors (Lipinski definition) is 6. The SMILES string of the molecule is CC(C)c1ccccc1N1C(=O)CSC1=NC(=O)Nc1ccc(NN=Cc2ccc(OC(F)(F)F)cc2)cc1. The predicted molar refractivity (Wildman–Crippen MR) is 148 cm³/mol. The van der Waals surface area contributed by atoms with E-state index in [1.807, 2.05) is 38.1 Å². The highest BCUT2D eigenvalue weighted by Crippen LogP contribution is 2.33. The summed E-state index contributed by atoms with van der Waals surface area (Å²) in [4.78, 5) is 30.9. The van der Waals surface area contributed by atoms with Crippen molar-refractivity contribution < 1.29 is 27.5 Å². The smallest absolute Gasteiger partial charge is 0.406 e. The number of thioether (sulfide) groups is 1. The van der Waals surface area contributed by atoms with Crippen LogP contribution >= 0.6 is 11.8 Å². The Labute approximate surface area is 227 Å². The molecule has 0 bridgehead atoms. The van der Waals surface area contributed by atoms with Gasteiger partial charge >= 0.3 is 12.4 Å². The van der Waals surface area contributed by atoms with E-state index >= 15 is 0 Å². The minimum Gasteiger partial charge on any atom is -0.406 e. The normalized spacial score (nSPS) is 14.9. The number of benzene rings is 3. The Balaban J connectivity index is 1.35. The van der Waals surface area contributed by atoms with Crippen molar-refractivity contribution in [2.24, 2.45) is 10.1 Å². The molecule has 0 aromatic heterocycles. The third-order valence-electron chi connectivity index (χ3n) is 5.42. The molecule has 3 aromatic rings. The summed E-state index contributed by atoms with van der Waals surface area (Å²) < 4.78 is 40.6.